The Morgan fingerprint density at radius 1 is 1.00 bits per heavy atom. The molecule has 0 bridgehead atoms. The van der Waals surface area contributed by atoms with E-state index in [4.69, 9.17) is 4.74 Å². The highest BCUT2D eigenvalue weighted by atomic mass is 35.5. The summed E-state index contributed by atoms with van der Waals surface area (Å²) in [6.45, 7) is 7.77. The van der Waals surface area contributed by atoms with E-state index in [-0.39, 0.29) is 30.4 Å². The lowest BCUT2D eigenvalue weighted by atomic mass is 9.88. The van der Waals surface area contributed by atoms with E-state index in [9.17, 15) is 9.90 Å². The van der Waals surface area contributed by atoms with E-state index in [1.807, 2.05) is 24.3 Å². The van der Waals surface area contributed by atoms with E-state index in [0.29, 0.717) is 29.8 Å². The molecule has 4 aromatic rings. The van der Waals surface area contributed by atoms with Gasteiger partial charge in [-0.1, -0.05) is 62.4 Å². The molecule has 8 heteroatoms. The summed E-state index contributed by atoms with van der Waals surface area (Å²) in [7, 11) is 1.65. The van der Waals surface area contributed by atoms with Gasteiger partial charge in [0.1, 0.15) is 24.2 Å². The fourth-order valence-corrected chi connectivity index (χ4v) is 5.71. The van der Waals surface area contributed by atoms with Crippen molar-refractivity contribution in [1.82, 2.24) is 14.8 Å². The van der Waals surface area contributed by atoms with Gasteiger partial charge in [-0.15, -0.1) is 12.4 Å². The van der Waals surface area contributed by atoms with Crippen LogP contribution in [0.4, 0.5) is 0 Å². The number of rotatable bonds is 9. The second-order valence-corrected chi connectivity index (χ2v) is 10.9. The number of β-amino-alcohol motifs (C(OH)–C–C–N with tert-alkyl or cyclic N) is 1. The van der Waals surface area contributed by atoms with Crippen molar-refractivity contribution < 1.29 is 20.1 Å². The number of aliphatic hydroxyl groups excluding tert-OH is 1. The molecule has 40 heavy (non-hydrogen) atoms. The summed E-state index contributed by atoms with van der Waals surface area (Å²) in [5.41, 5.74) is 3.02. The van der Waals surface area contributed by atoms with Crippen molar-refractivity contribution >= 4 is 40.0 Å². The summed E-state index contributed by atoms with van der Waals surface area (Å²) >= 11 is 0. The first kappa shape index (κ1) is 31.4. The van der Waals surface area contributed by atoms with Gasteiger partial charge in [0.15, 0.2) is 0 Å². The molecule has 216 valence electrons. The van der Waals surface area contributed by atoms with E-state index < -0.39 is 6.10 Å². The van der Waals surface area contributed by atoms with Crippen LogP contribution in [-0.2, 0) is 6.54 Å². The molecule has 2 heterocycles. The summed E-state index contributed by atoms with van der Waals surface area (Å²) in [5, 5.41) is 17.0. The summed E-state index contributed by atoms with van der Waals surface area (Å²) < 4.78 is 8.18. The molecule has 1 aliphatic rings. The van der Waals surface area contributed by atoms with E-state index in [2.05, 4.69) is 71.1 Å². The first-order valence-corrected chi connectivity index (χ1v) is 13.8. The van der Waals surface area contributed by atoms with Gasteiger partial charge < -0.3 is 30.1 Å². The lowest BCUT2D eigenvalue weighted by Gasteiger charge is -2.33. The first-order chi connectivity index (χ1) is 18.4. The van der Waals surface area contributed by atoms with E-state index >= 15 is 0 Å². The van der Waals surface area contributed by atoms with E-state index in [1.54, 1.807) is 7.05 Å². The van der Waals surface area contributed by atoms with Crippen molar-refractivity contribution in [3.8, 4) is 5.75 Å². The second-order valence-electron chi connectivity index (χ2n) is 10.9. The fraction of sp³-hybridized carbons (Fsp3) is 0.406. The van der Waals surface area contributed by atoms with Gasteiger partial charge in [0.2, 0.25) is 0 Å². The van der Waals surface area contributed by atoms with Crippen LogP contribution in [0.15, 0.2) is 66.7 Å². The predicted molar refractivity (Wildman–Crippen MR) is 165 cm³/mol. The second kappa shape index (κ2) is 14.0. The van der Waals surface area contributed by atoms with Crippen molar-refractivity contribution in [2.75, 3.05) is 33.3 Å². The number of likely N-dealkylation sites (tertiary alicyclic amines) is 1. The minimum atomic E-state index is -0.585. The number of amides is 1. The third kappa shape index (κ3) is 6.96. The van der Waals surface area contributed by atoms with Crippen LogP contribution in [0.3, 0.4) is 0 Å². The lowest BCUT2D eigenvalue weighted by molar-refractivity contribution is 0.0599. The Bertz CT molecular complexity index is 1410. The zero-order valence-electron chi connectivity index (χ0n) is 23.6. The number of nitrogens with zero attached hydrogens (tertiary/aromatic N) is 2. The fourth-order valence-electron chi connectivity index (χ4n) is 5.71. The molecule has 1 aliphatic heterocycles. The number of carbonyl (C=O) groups excluding carboxylic acids is 1. The van der Waals surface area contributed by atoms with Crippen molar-refractivity contribution in [1.29, 1.82) is 0 Å². The van der Waals surface area contributed by atoms with Gasteiger partial charge in [-0.05, 0) is 72.3 Å². The van der Waals surface area contributed by atoms with Crippen LogP contribution in [0.5, 0.6) is 5.75 Å². The summed E-state index contributed by atoms with van der Waals surface area (Å²) in [6, 6.07) is 23.2. The summed E-state index contributed by atoms with van der Waals surface area (Å²) in [5.74, 6) is 1.54. The quantitative estimate of drug-likeness (QED) is 0.296. The molecule has 5 rings (SSSR count). The minimum absolute atomic E-state index is 0. The molecule has 1 saturated heterocycles. The average molecular weight is 568 g/mol. The highest BCUT2D eigenvalue weighted by Crippen LogP contribution is 2.32. The number of piperidine rings is 1. The number of benzene rings is 3. The molecule has 0 unspecified atom stereocenters. The van der Waals surface area contributed by atoms with Crippen LogP contribution in [0, 0.1) is 5.92 Å². The Balaban J connectivity index is 0.00000220. The molecular weight excluding hydrogens is 526 g/mol. The molecule has 0 radical (unpaired) electrons. The number of aliphatic hydroxyl groups is 1. The Hall–Kier alpha value is -3.10. The van der Waals surface area contributed by atoms with Gasteiger partial charge in [0.05, 0.1) is 5.52 Å². The number of nitrogens with one attached hydrogen (secondary N) is 1. The van der Waals surface area contributed by atoms with Gasteiger partial charge in [-0.25, -0.2) is 0 Å². The molecule has 1 aromatic heterocycles. The van der Waals surface area contributed by atoms with Crippen LogP contribution in [0.25, 0.3) is 21.7 Å². The Morgan fingerprint density at radius 2 is 1.73 bits per heavy atom. The average Bonchev–Trinajstić information content (AvgIpc) is 3.30. The Labute approximate surface area is 242 Å². The van der Waals surface area contributed by atoms with Crippen LogP contribution in [0.1, 0.15) is 48.7 Å². The van der Waals surface area contributed by atoms with Crippen LogP contribution >= 0.6 is 12.4 Å². The van der Waals surface area contributed by atoms with E-state index in [0.717, 1.165) is 43.4 Å². The number of halogens is 1. The van der Waals surface area contributed by atoms with Gasteiger partial charge >= 0.3 is 0 Å². The molecule has 1 amide bonds. The number of carbonyl (C=O) groups is 1. The maximum atomic E-state index is 12.5. The number of hydrogen-bond acceptors (Lipinski definition) is 4. The number of fused-ring (bicyclic) bond motifs is 2. The van der Waals surface area contributed by atoms with Gasteiger partial charge in [-0.3, -0.25) is 4.79 Å². The highest BCUT2D eigenvalue weighted by Gasteiger charge is 2.23. The maximum Gasteiger partial charge on any atom is 0.267 e. The normalized spacial score (nSPS) is 15.0. The largest absolute Gasteiger partial charge is 0.490 e. The molecule has 0 saturated carbocycles. The Kier molecular flexibility index (Phi) is 11.0. The zero-order chi connectivity index (χ0) is 26.6. The highest BCUT2D eigenvalue weighted by molar-refractivity contribution is 6.00. The number of ether oxygens (including phenoxy) is 1. The topological polar surface area (TPSA) is 98.2 Å². The SMILES string of the molecule is CNC(=O)c1cc2c(OC[C@@H](O)CN3CCC(c4ccc5ccccc5c4)CC3)cccc2n1CC(C)C.Cl.O. The standard InChI is InChI=1S/C32H39N3O3.ClH.H2O/c1-22(2)19-35-29-9-6-10-31(28(29)18-30(35)32(37)33-3)38-21-27(36)20-34-15-13-24(14-16-34)26-12-11-23-7-4-5-8-25(23)17-26;;/h4-12,17-18,22,24,27,36H,13-16,19-21H2,1-3H3,(H,33,37);1H;1H2/t27-;;/m0../s1. The smallest absolute Gasteiger partial charge is 0.267 e. The monoisotopic (exact) mass is 567 g/mol. The molecule has 1 atom stereocenters. The van der Waals surface area contributed by atoms with Crippen molar-refractivity contribution in [3.05, 3.63) is 78.0 Å². The van der Waals surface area contributed by atoms with Crippen LogP contribution in [0.2, 0.25) is 0 Å². The molecule has 3 aromatic carbocycles. The summed E-state index contributed by atoms with van der Waals surface area (Å²) in [6.07, 6.45) is 1.60. The molecule has 1 fully saturated rings. The first-order valence-electron chi connectivity index (χ1n) is 13.8. The Morgan fingerprint density at radius 3 is 2.42 bits per heavy atom. The molecular formula is C32H42ClN3O4. The van der Waals surface area contributed by atoms with Crippen LogP contribution < -0.4 is 10.1 Å². The van der Waals surface area contributed by atoms with Crippen LogP contribution in [-0.4, -0.2) is 65.3 Å². The van der Waals surface area contributed by atoms with Crippen molar-refractivity contribution in [2.45, 2.75) is 45.3 Å². The van der Waals surface area contributed by atoms with Gasteiger partial charge in [-0.2, -0.15) is 0 Å². The third-order valence-electron chi connectivity index (χ3n) is 7.65. The predicted octanol–water partition coefficient (Wildman–Crippen LogP) is 5.03. The molecule has 7 nitrogen and oxygen atoms in total. The van der Waals surface area contributed by atoms with Gasteiger partial charge in [0.25, 0.3) is 5.91 Å². The zero-order valence-corrected chi connectivity index (χ0v) is 24.4. The lowest BCUT2D eigenvalue weighted by Crippen LogP contribution is -2.40. The minimum Gasteiger partial charge on any atom is -0.490 e. The van der Waals surface area contributed by atoms with Gasteiger partial charge in [0, 0.05) is 25.5 Å². The van der Waals surface area contributed by atoms with Crippen molar-refractivity contribution in [2.24, 2.45) is 5.92 Å². The number of hydrogen-bond donors (Lipinski definition) is 2. The summed E-state index contributed by atoms with van der Waals surface area (Å²) in [4.78, 5) is 14.9. The molecule has 0 aliphatic carbocycles. The van der Waals surface area contributed by atoms with Crippen molar-refractivity contribution in [3.63, 3.8) is 0 Å². The maximum absolute atomic E-state index is 12.5. The third-order valence-corrected chi connectivity index (χ3v) is 7.65. The molecule has 4 N–H and O–H groups in total. The van der Waals surface area contributed by atoms with E-state index in [1.165, 1.54) is 16.3 Å². The molecule has 0 spiro atoms. The number of aromatic nitrogens is 1.